The second-order valence-corrected chi connectivity index (χ2v) is 9.87. The Hall–Kier alpha value is -4.19. The molecule has 1 heterocycles. The summed E-state index contributed by atoms with van der Waals surface area (Å²) in [6.45, 7) is 7.35. The molecule has 1 N–H and O–H groups in total. The van der Waals surface area contributed by atoms with Crippen LogP contribution >= 0.6 is 0 Å². The first kappa shape index (κ1) is 26.4. The molecule has 1 aromatic heterocycles. The summed E-state index contributed by atoms with van der Waals surface area (Å²) in [5, 5.41) is 15.4. The molecule has 0 bridgehead atoms. The second-order valence-electron chi connectivity index (χ2n) is 9.87. The first-order valence-electron chi connectivity index (χ1n) is 13.9. The van der Waals surface area contributed by atoms with Gasteiger partial charge in [0.2, 0.25) is 0 Å². The quantitative estimate of drug-likeness (QED) is 0.176. The molecule has 0 aliphatic rings. The molecule has 5 rings (SSSR count). The molecule has 4 aromatic carbocycles. The van der Waals surface area contributed by atoms with E-state index in [9.17, 15) is 5.11 Å². The third-order valence-electron chi connectivity index (χ3n) is 7.09. The molecule has 0 saturated carbocycles. The maximum atomic E-state index is 10.8. The predicted octanol–water partition coefficient (Wildman–Crippen LogP) is 8.21. The van der Waals surface area contributed by atoms with Crippen LogP contribution in [0.25, 0.3) is 44.3 Å². The predicted molar refractivity (Wildman–Crippen MR) is 157 cm³/mol. The number of hydrogen-bond acceptors (Lipinski definition) is 6. The molecule has 0 saturated heterocycles. The Bertz CT molecular complexity index is 1580. The van der Waals surface area contributed by atoms with Gasteiger partial charge in [0.25, 0.3) is 0 Å². The van der Waals surface area contributed by atoms with E-state index in [0.717, 1.165) is 35.6 Å². The minimum absolute atomic E-state index is 0.0448. The normalized spacial score (nSPS) is 12.1. The van der Waals surface area contributed by atoms with Gasteiger partial charge < -0.3 is 14.6 Å². The molecule has 1 unspecified atom stereocenters. The number of aromatic hydroxyl groups is 1. The Morgan fingerprint density at radius 3 is 2.21 bits per heavy atom. The SMILES string of the molecule is CCCCC(CC)COc1nc(-c2ccc3cc4ccccc4cc3c2)nc(-c2ccc(OCC)cc2O)n1. The number of phenols is 1. The summed E-state index contributed by atoms with van der Waals surface area (Å²) < 4.78 is 11.7. The van der Waals surface area contributed by atoms with Crippen molar-refractivity contribution in [3.63, 3.8) is 0 Å². The van der Waals surface area contributed by atoms with Crippen LogP contribution in [0.4, 0.5) is 0 Å². The van der Waals surface area contributed by atoms with Crippen LogP contribution < -0.4 is 9.47 Å². The third kappa shape index (κ3) is 6.11. The minimum Gasteiger partial charge on any atom is -0.507 e. The highest BCUT2D eigenvalue weighted by molar-refractivity contribution is 5.99. The molecule has 0 amide bonds. The molecular weight excluding hydrogens is 486 g/mol. The van der Waals surface area contributed by atoms with Crippen molar-refractivity contribution in [2.45, 2.75) is 46.5 Å². The zero-order chi connectivity index (χ0) is 27.2. The smallest absolute Gasteiger partial charge is 0.320 e. The highest BCUT2D eigenvalue weighted by Gasteiger charge is 2.17. The van der Waals surface area contributed by atoms with E-state index in [4.69, 9.17) is 19.4 Å². The van der Waals surface area contributed by atoms with Gasteiger partial charge in [-0.1, -0.05) is 69.5 Å². The van der Waals surface area contributed by atoms with Crippen LogP contribution in [0.5, 0.6) is 17.5 Å². The Morgan fingerprint density at radius 2 is 1.49 bits per heavy atom. The van der Waals surface area contributed by atoms with Crippen LogP contribution in [0.1, 0.15) is 46.5 Å². The maximum absolute atomic E-state index is 10.8. The van der Waals surface area contributed by atoms with E-state index in [-0.39, 0.29) is 11.8 Å². The van der Waals surface area contributed by atoms with Crippen molar-refractivity contribution in [1.29, 1.82) is 0 Å². The summed E-state index contributed by atoms with van der Waals surface area (Å²) in [6, 6.07) is 24.4. The molecule has 200 valence electrons. The number of nitrogens with zero attached hydrogens (tertiary/aromatic N) is 3. The van der Waals surface area contributed by atoms with Crippen molar-refractivity contribution in [2.24, 2.45) is 5.92 Å². The monoisotopic (exact) mass is 521 g/mol. The summed E-state index contributed by atoms with van der Waals surface area (Å²) in [6.07, 6.45) is 4.46. The highest BCUT2D eigenvalue weighted by Crippen LogP contribution is 2.33. The molecule has 0 spiro atoms. The van der Waals surface area contributed by atoms with Crippen LogP contribution in [-0.2, 0) is 0 Å². The van der Waals surface area contributed by atoms with Gasteiger partial charge >= 0.3 is 6.01 Å². The van der Waals surface area contributed by atoms with Gasteiger partial charge in [0.1, 0.15) is 11.5 Å². The lowest BCUT2D eigenvalue weighted by Crippen LogP contribution is -2.13. The average molecular weight is 522 g/mol. The van der Waals surface area contributed by atoms with Gasteiger partial charge in [-0.05, 0) is 71.1 Å². The molecule has 39 heavy (non-hydrogen) atoms. The summed E-state index contributed by atoms with van der Waals surface area (Å²) in [5.41, 5.74) is 1.35. The number of fused-ring (bicyclic) bond motifs is 2. The zero-order valence-corrected chi connectivity index (χ0v) is 22.9. The Labute approximate surface area is 229 Å². The second kappa shape index (κ2) is 12.1. The molecule has 0 radical (unpaired) electrons. The van der Waals surface area contributed by atoms with Crippen LogP contribution in [-0.4, -0.2) is 33.3 Å². The lowest BCUT2D eigenvalue weighted by Gasteiger charge is -2.15. The van der Waals surface area contributed by atoms with Crippen LogP contribution in [0.15, 0.2) is 72.8 Å². The zero-order valence-electron chi connectivity index (χ0n) is 22.9. The van der Waals surface area contributed by atoms with Crippen LogP contribution in [0.3, 0.4) is 0 Å². The molecule has 0 aliphatic carbocycles. The molecule has 5 aromatic rings. The number of benzene rings is 4. The van der Waals surface area contributed by atoms with Crippen molar-refractivity contribution >= 4 is 21.5 Å². The summed E-state index contributed by atoms with van der Waals surface area (Å²) >= 11 is 0. The standard InChI is InChI=1S/C33H35N3O3/c1-4-7-10-22(5-2)21-39-33-35-31(34-32(36-33)29-16-15-28(38-6-3)20-30(29)37)26-14-13-25-17-23-11-8-9-12-24(23)18-27(25)19-26/h8-9,11-20,22,37H,4-7,10,21H2,1-3H3. The molecule has 6 heteroatoms. The lowest BCUT2D eigenvalue weighted by molar-refractivity contribution is 0.217. The Balaban J connectivity index is 1.56. The van der Waals surface area contributed by atoms with Crippen molar-refractivity contribution in [2.75, 3.05) is 13.2 Å². The number of unbranched alkanes of at least 4 members (excludes halogenated alkanes) is 1. The molecule has 1 atom stereocenters. The average Bonchev–Trinajstić information content (AvgIpc) is 2.96. The fourth-order valence-corrected chi connectivity index (χ4v) is 4.80. The summed E-state index contributed by atoms with van der Waals surface area (Å²) in [4.78, 5) is 14.1. The molecule has 0 fully saturated rings. The van der Waals surface area contributed by atoms with E-state index in [0.29, 0.717) is 42.1 Å². The topological polar surface area (TPSA) is 77.4 Å². The first-order valence-corrected chi connectivity index (χ1v) is 13.9. The fourth-order valence-electron chi connectivity index (χ4n) is 4.80. The van der Waals surface area contributed by atoms with Gasteiger partial charge in [0, 0.05) is 11.6 Å². The van der Waals surface area contributed by atoms with Crippen LogP contribution in [0.2, 0.25) is 0 Å². The molecule has 0 aliphatic heterocycles. The van der Waals surface area contributed by atoms with Crippen molar-refractivity contribution in [3.05, 3.63) is 72.8 Å². The number of rotatable bonds is 11. The largest absolute Gasteiger partial charge is 0.507 e. The van der Waals surface area contributed by atoms with Gasteiger partial charge in [-0.25, -0.2) is 4.98 Å². The Morgan fingerprint density at radius 1 is 0.744 bits per heavy atom. The third-order valence-corrected chi connectivity index (χ3v) is 7.09. The van der Waals surface area contributed by atoms with Gasteiger partial charge in [-0.2, -0.15) is 9.97 Å². The van der Waals surface area contributed by atoms with E-state index >= 15 is 0 Å². The molecule has 6 nitrogen and oxygen atoms in total. The van der Waals surface area contributed by atoms with E-state index < -0.39 is 0 Å². The number of ether oxygens (including phenoxy) is 2. The van der Waals surface area contributed by atoms with Crippen LogP contribution in [0, 0.1) is 5.92 Å². The minimum atomic E-state index is 0.0448. The van der Waals surface area contributed by atoms with E-state index in [1.165, 1.54) is 17.2 Å². The first-order chi connectivity index (χ1) is 19.1. The number of hydrogen-bond donors (Lipinski definition) is 1. The maximum Gasteiger partial charge on any atom is 0.320 e. The van der Waals surface area contributed by atoms with Gasteiger partial charge in [0.15, 0.2) is 11.6 Å². The summed E-state index contributed by atoms with van der Waals surface area (Å²) in [5.74, 6) is 1.92. The van der Waals surface area contributed by atoms with Crippen molar-refractivity contribution in [1.82, 2.24) is 15.0 Å². The lowest BCUT2D eigenvalue weighted by atomic mass is 10.0. The molecular formula is C33H35N3O3. The van der Waals surface area contributed by atoms with E-state index in [1.54, 1.807) is 12.1 Å². The summed E-state index contributed by atoms with van der Waals surface area (Å²) in [7, 11) is 0. The fraction of sp³-hybridized carbons (Fsp3) is 0.303. The van der Waals surface area contributed by atoms with Gasteiger partial charge in [0.05, 0.1) is 18.8 Å². The van der Waals surface area contributed by atoms with Gasteiger partial charge in [-0.3, -0.25) is 0 Å². The number of aromatic nitrogens is 3. The highest BCUT2D eigenvalue weighted by atomic mass is 16.5. The number of phenolic OH excluding ortho intramolecular Hbond substituents is 1. The van der Waals surface area contributed by atoms with Gasteiger partial charge in [-0.15, -0.1) is 0 Å². The van der Waals surface area contributed by atoms with Crippen molar-refractivity contribution < 1.29 is 14.6 Å². The van der Waals surface area contributed by atoms with Crippen molar-refractivity contribution in [3.8, 4) is 40.3 Å². The van der Waals surface area contributed by atoms with E-state index in [2.05, 4.69) is 61.3 Å². The Kier molecular flexibility index (Phi) is 8.21. The van der Waals surface area contributed by atoms with E-state index in [1.807, 2.05) is 25.1 Å².